The minimum absolute atomic E-state index is 0.664. The zero-order valence-corrected chi connectivity index (χ0v) is 11.7. The molecule has 0 aliphatic rings. The Morgan fingerprint density at radius 1 is 1.17 bits per heavy atom. The lowest BCUT2D eigenvalue weighted by Gasteiger charge is -2.18. The summed E-state index contributed by atoms with van der Waals surface area (Å²) in [7, 11) is 0. The second-order valence-electron chi connectivity index (χ2n) is 5.43. The molecule has 0 aliphatic heterocycles. The third-order valence-corrected chi connectivity index (χ3v) is 3.60. The van der Waals surface area contributed by atoms with Crippen molar-refractivity contribution in [1.29, 1.82) is 0 Å². The first kappa shape index (κ1) is 12.9. The van der Waals surface area contributed by atoms with Crippen molar-refractivity contribution in [2.45, 2.75) is 27.7 Å². The van der Waals surface area contributed by atoms with Crippen molar-refractivity contribution in [2.75, 3.05) is 11.9 Å². The summed E-state index contributed by atoms with van der Waals surface area (Å²) in [6, 6.07) is 10.4. The molecule has 2 rings (SSSR count). The first-order valence-electron chi connectivity index (χ1n) is 6.68. The zero-order chi connectivity index (χ0) is 13.1. The van der Waals surface area contributed by atoms with Crippen LogP contribution in [-0.4, -0.2) is 11.5 Å². The number of anilines is 1. The topological polar surface area (TPSA) is 24.9 Å². The van der Waals surface area contributed by atoms with E-state index >= 15 is 0 Å². The van der Waals surface area contributed by atoms with Gasteiger partial charge in [-0.15, -0.1) is 0 Å². The molecular weight excluding hydrogens is 220 g/mol. The summed E-state index contributed by atoms with van der Waals surface area (Å²) in [6.45, 7) is 9.87. The maximum Gasteiger partial charge on any atom is 0.0725 e. The molecule has 1 heterocycles. The van der Waals surface area contributed by atoms with Gasteiger partial charge in [-0.2, -0.15) is 0 Å². The molecular formula is C16H22N2. The summed E-state index contributed by atoms with van der Waals surface area (Å²) < 4.78 is 0. The van der Waals surface area contributed by atoms with E-state index in [-0.39, 0.29) is 0 Å². The van der Waals surface area contributed by atoms with Crippen molar-refractivity contribution >= 4 is 16.6 Å². The highest BCUT2D eigenvalue weighted by molar-refractivity contribution is 5.91. The van der Waals surface area contributed by atoms with Crippen LogP contribution in [0.5, 0.6) is 0 Å². The lowest BCUT2D eigenvalue weighted by atomic mass is 9.98. The van der Waals surface area contributed by atoms with Gasteiger partial charge >= 0.3 is 0 Å². The molecule has 1 N–H and O–H groups in total. The highest BCUT2D eigenvalue weighted by Crippen LogP contribution is 2.23. The fraction of sp³-hybridized carbons (Fsp3) is 0.438. The standard InChI is InChI=1S/C16H22N2/c1-11(2)12(3)10-17-16-9-13(4)18-15-8-6-5-7-14(15)16/h5-9,11-12H,10H2,1-4H3,(H,17,18). The minimum Gasteiger partial charge on any atom is -0.384 e. The monoisotopic (exact) mass is 242 g/mol. The number of pyridine rings is 1. The third kappa shape index (κ3) is 2.81. The lowest BCUT2D eigenvalue weighted by molar-refractivity contribution is 0.440. The molecule has 0 radical (unpaired) electrons. The summed E-state index contributed by atoms with van der Waals surface area (Å²) in [5.41, 5.74) is 3.33. The zero-order valence-electron chi connectivity index (χ0n) is 11.7. The summed E-state index contributed by atoms with van der Waals surface area (Å²) in [5, 5.41) is 4.78. The van der Waals surface area contributed by atoms with Gasteiger partial charge in [0.1, 0.15) is 0 Å². The van der Waals surface area contributed by atoms with Gasteiger partial charge in [0.15, 0.2) is 0 Å². The molecule has 2 nitrogen and oxygen atoms in total. The Bertz CT molecular complexity index is 532. The Hall–Kier alpha value is -1.57. The van der Waals surface area contributed by atoms with Crippen LogP contribution in [0, 0.1) is 18.8 Å². The normalized spacial score (nSPS) is 12.9. The van der Waals surface area contributed by atoms with Gasteiger partial charge in [0.05, 0.1) is 5.52 Å². The van der Waals surface area contributed by atoms with E-state index in [9.17, 15) is 0 Å². The van der Waals surface area contributed by atoms with E-state index in [2.05, 4.69) is 55.3 Å². The summed E-state index contributed by atoms with van der Waals surface area (Å²) in [6.07, 6.45) is 0. The van der Waals surface area contributed by atoms with Gasteiger partial charge in [0, 0.05) is 23.3 Å². The first-order chi connectivity index (χ1) is 8.58. The van der Waals surface area contributed by atoms with Crippen LogP contribution >= 0.6 is 0 Å². The maximum atomic E-state index is 4.56. The molecule has 96 valence electrons. The molecule has 0 saturated heterocycles. The SMILES string of the molecule is Cc1cc(NCC(C)C(C)C)c2ccccc2n1. The second-order valence-corrected chi connectivity index (χ2v) is 5.43. The number of benzene rings is 1. The molecule has 18 heavy (non-hydrogen) atoms. The molecule has 0 amide bonds. The van der Waals surface area contributed by atoms with Gasteiger partial charge in [0.25, 0.3) is 0 Å². The molecule has 0 aliphatic carbocycles. The molecule has 1 aromatic heterocycles. The Kier molecular flexibility index (Phi) is 3.85. The Labute approximate surface area is 109 Å². The number of nitrogens with zero attached hydrogens (tertiary/aromatic N) is 1. The third-order valence-electron chi connectivity index (χ3n) is 3.60. The van der Waals surface area contributed by atoms with Gasteiger partial charge in [-0.25, -0.2) is 0 Å². The van der Waals surface area contributed by atoms with Crippen LogP contribution < -0.4 is 5.32 Å². The van der Waals surface area contributed by atoms with Crippen molar-refractivity contribution < 1.29 is 0 Å². The fourth-order valence-corrected chi connectivity index (χ4v) is 1.96. The number of aryl methyl sites for hydroxylation is 1. The summed E-state index contributed by atoms with van der Waals surface area (Å²) in [5.74, 6) is 1.36. The number of para-hydroxylation sites is 1. The number of aromatic nitrogens is 1. The van der Waals surface area contributed by atoms with E-state index in [0.29, 0.717) is 11.8 Å². The van der Waals surface area contributed by atoms with E-state index in [1.807, 2.05) is 13.0 Å². The van der Waals surface area contributed by atoms with E-state index in [0.717, 1.165) is 17.8 Å². The number of rotatable bonds is 4. The lowest BCUT2D eigenvalue weighted by Crippen LogP contribution is -2.16. The van der Waals surface area contributed by atoms with Crippen molar-refractivity contribution in [1.82, 2.24) is 4.98 Å². The van der Waals surface area contributed by atoms with Crippen molar-refractivity contribution in [3.05, 3.63) is 36.0 Å². The molecule has 0 spiro atoms. The van der Waals surface area contributed by atoms with E-state index in [1.54, 1.807) is 0 Å². The highest BCUT2D eigenvalue weighted by atomic mass is 14.9. The molecule has 1 atom stereocenters. The molecule has 0 bridgehead atoms. The van der Waals surface area contributed by atoms with Gasteiger partial charge in [-0.3, -0.25) is 4.98 Å². The van der Waals surface area contributed by atoms with E-state index in [1.165, 1.54) is 11.1 Å². The van der Waals surface area contributed by atoms with Crippen LogP contribution in [-0.2, 0) is 0 Å². The summed E-state index contributed by atoms with van der Waals surface area (Å²) >= 11 is 0. The van der Waals surface area contributed by atoms with Crippen LogP contribution in [0.2, 0.25) is 0 Å². The predicted molar refractivity (Wildman–Crippen MR) is 79.0 cm³/mol. The van der Waals surface area contributed by atoms with Crippen LogP contribution in [0.3, 0.4) is 0 Å². The number of hydrogen-bond donors (Lipinski definition) is 1. The number of nitrogens with one attached hydrogen (secondary N) is 1. The van der Waals surface area contributed by atoms with Crippen molar-refractivity contribution in [2.24, 2.45) is 11.8 Å². The molecule has 2 aromatic rings. The minimum atomic E-state index is 0.664. The largest absolute Gasteiger partial charge is 0.384 e. The van der Waals surface area contributed by atoms with Gasteiger partial charge < -0.3 is 5.32 Å². The number of fused-ring (bicyclic) bond motifs is 1. The van der Waals surface area contributed by atoms with Gasteiger partial charge in [-0.05, 0) is 30.9 Å². The highest BCUT2D eigenvalue weighted by Gasteiger charge is 2.08. The van der Waals surface area contributed by atoms with E-state index in [4.69, 9.17) is 0 Å². The fourth-order valence-electron chi connectivity index (χ4n) is 1.96. The van der Waals surface area contributed by atoms with Crippen molar-refractivity contribution in [3.8, 4) is 0 Å². The average Bonchev–Trinajstić information content (AvgIpc) is 2.35. The maximum absolute atomic E-state index is 4.56. The van der Waals surface area contributed by atoms with Gasteiger partial charge in [0.2, 0.25) is 0 Å². The molecule has 1 aromatic carbocycles. The smallest absolute Gasteiger partial charge is 0.0725 e. The average molecular weight is 242 g/mol. The van der Waals surface area contributed by atoms with Crippen LogP contribution in [0.15, 0.2) is 30.3 Å². The second kappa shape index (κ2) is 5.38. The summed E-state index contributed by atoms with van der Waals surface area (Å²) in [4.78, 5) is 4.56. The first-order valence-corrected chi connectivity index (χ1v) is 6.68. The van der Waals surface area contributed by atoms with Crippen LogP contribution in [0.1, 0.15) is 26.5 Å². The Morgan fingerprint density at radius 3 is 2.61 bits per heavy atom. The molecule has 1 unspecified atom stereocenters. The number of hydrogen-bond acceptors (Lipinski definition) is 2. The van der Waals surface area contributed by atoms with Gasteiger partial charge in [-0.1, -0.05) is 39.0 Å². The Morgan fingerprint density at radius 2 is 1.89 bits per heavy atom. The van der Waals surface area contributed by atoms with Crippen molar-refractivity contribution in [3.63, 3.8) is 0 Å². The quantitative estimate of drug-likeness (QED) is 0.867. The molecule has 0 saturated carbocycles. The molecule has 2 heteroatoms. The van der Waals surface area contributed by atoms with Crippen LogP contribution in [0.4, 0.5) is 5.69 Å². The predicted octanol–water partition coefficient (Wildman–Crippen LogP) is 4.25. The van der Waals surface area contributed by atoms with Crippen LogP contribution in [0.25, 0.3) is 10.9 Å². The Balaban J connectivity index is 2.27. The van der Waals surface area contributed by atoms with E-state index < -0.39 is 0 Å². The molecule has 0 fully saturated rings.